The fraction of sp³-hybridized carbons (Fsp3) is 0.500. The van der Waals surface area contributed by atoms with E-state index in [0.29, 0.717) is 5.56 Å². The van der Waals surface area contributed by atoms with E-state index in [9.17, 15) is 18.4 Å². The molecule has 1 aliphatic carbocycles. The van der Waals surface area contributed by atoms with Crippen molar-refractivity contribution in [3.05, 3.63) is 35.4 Å². The summed E-state index contributed by atoms with van der Waals surface area (Å²) in [5.74, 6) is -3.33. The molecule has 0 aliphatic heterocycles. The SMILES string of the molecule is CCOC(=O)C(Cc1cc(F)cc(F)c1)C(=O)C1CCC1. The second-order valence-electron chi connectivity index (χ2n) is 5.32. The summed E-state index contributed by atoms with van der Waals surface area (Å²) >= 11 is 0. The van der Waals surface area contributed by atoms with E-state index < -0.39 is 23.5 Å². The molecule has 1 atom stereocenters. The Morgan fingerprint density at radius 3 is 2.33 bits per heavy atom. The third-order valence-corrected chi connectivity index (χ3v) is 3.78. The molecular formula is C16H18F2O3. The molecular weight excluding hydrogens is 278 g/mol. The summed E-state index contributed by atoms with van der Waals surface area (Å²) in [4.78, 5) is 24.3. The molecule has 0 radical (unpaired) electrons. The summed E-state index contributed by atoms with van der Waals surface area (Å²) in [5.41, 5.74) is 0.290. The first kappa shape index (κ1) is 15.6. The highest BCUT2D eigenvalue weighted by Gasteiger charge is 2.36. The van der Waals surface area contributed by atoms with Gasteiger partial charge < -0.3 is 4.74 Å². The minimum atomic E-state index is -0.976. The Morgan fingerprint density at radius 2 is 1.86 bits per heavy atom. The van der Waals surface area contributed by atoms with E-state index in [1.54, 1.807) is 6.92 Å². The number of Topliss-reactive ketones (excluding diaryl/α,β-unsaturated/α-hetero) is 1. The summed E-state index contributed by atoms with van der Waals surface area (Å²) in [6.07, 6.45) is 2.49. The summed E-state index contributed by atoms with van der Waals surface area (Å²) < 4.78 is 31.4. The zero-order valence-electron chi connectivity index (χ0n) is 11.9. The van der Waals surface area contributed by atoms with Crippen molar-refractivity contribution in [3.63, 3.8) is 0 Å². The molecule has 0 saturated heterocycles. The van der Waals surface area contributed by atoms with Crippen molar-refractivity contribution in [2.75, 3.05) is 6.61 Å². The van der Waals surface area contributed by atoms with Gasteiger partial charge in [-0.05, 0) is 43.9 Å². The van der Waals surface area contributed by atoms with Crippen molar-refractivity contribution in [2.45, 2.75) is 32.6 Å². The van der Waals surface area contributed by atoms with Crippen LogP contribution in [0.15, 0.2) is 18.2 Å². The lowest BCUT2D eigenvalue weighted by Gasteiger charge is -2.27. The van der Waals surface area contributed by atoms with E-state index in [-0.39, 0.29) is 24.7 Å². The first-order chi connectivity index (χ1) is 10.0. The molecule has 2 rings (SSSR count). The second-order valence-corrected chi connectivity index (χ2v) is 5.32. The lowest BCUT2D eigenvalue weighted by atomic mass is 9.76. The van der Waals surface area contributed by atoms with Crippen molar-refractivity contribution >= 4 is 11.8 Å². The predicted molar refractivity (Wildman–Crippen MR) is 72.5 cm³/mol. The summed E-state index contributed by atoms with van der Waals surface area (Å²) in [6.45, 7) is 1.83. The third kappa shape index (κ3) is 3.86. The topological polar surface area (TPSA) is 43.4 Å². The molecule has 1 saturated carbocycles. The summed E-state index contributed by atoms with van der Waals surface area (Å²) in [7, 11) is 0. The van der Waals surface area contributed by atoms with Crippen LogP contribution in [-0.4, -0.2) is 18.4 Å². The average Bonchev–Trinajstić information content (AvgIpc) is 2.32. The molecule has 5 heteroatoms. The highest BCUT2D eigenvalue weighted by molar-refractivity contribution is 6.00. The molecule has 0 heterocycles. The van der Waals surface area contributed by atoms with Crippen LogP contribution in [-0.2, 0) is 20.7 Å². The van der Waals surface area contributed by atoms with Crippen molar-refractivity contribution < 1.29 is 23.1 Å². The zero-order valence-corrected chi connectivity index (χ0v) is 11.9. The monoisotopic (exact) mass is 296 g/mol. The van der Waals surface area contributed by atoms with Gasteiger partial charge in [-0.15, -0.1) is 0 Å². The molecule has 21 heavy (non-hydrogen) atoms. The van der Waals surface area contributed by atoms with Crippen molar-refractivity contribution in [2.24, 2.45) is 11.8 Å². The number of halogens is 2. The maximum absolute atomic E-state index is 13.2. The number of hydrogen-bond donors (Lipinski definition) is 0. The van der Waals surface area contributed by atoms with E-state index in [1.807, 2.05) is 0 Å². The number of benzene rings is 1. The Morgan fingerprint density at radius 1 is 1.24 bits per heavy atom. The first-order valence-corrected chi connectivity index (χ1v) is 7.16. The van der Waals surface area contributed by atoms with Crippen LogP contribution in [0.3, 0.4) is 0 Å². The lowest BCUT2D eigenvalue weighted by molar-refractivity contribution is -0.153. The lowest BCUT2D eigenvalue weighted by Crippen LogP contribution is -2.35. The van der Waals surface area contributed by atoms with Crippen molar-refractivity contribution in [3.8, 4) is 0 Å². The number of carbonyl (C=O) groups is 2. The smallest absolute Gasteiger partial charge is 0.316 e. The number of carbonyl (C=O) groups excluding carboxylic acids is 2. The summed E-state index contributed by atoms with van der Waals surface area (Å²) in [6, 6.07) is 3.04. The van der Waals surface area contributed by atoms with Crippen LogP contribution in [0.5, 0.6) is 0 Å². The van der Waals surface area contributed by atoms with Gasteiger partial charge in [0.25, 0.3) is 0 Å². The van der Waals surface area contributed by atoms with Gasteiger partial charge in [0.2, 0.25) is 0 Å². The number of esters is 1. The zero-order chi connectivity index (χ0) is 15.4. The van der Waals surface area contributed by atoms with Gasteiger partial charge in [0.15, 0.2) is 5.78 Å². The Balaban J connectivity index is 2.17. The van der Waals surface area contributed by atoms with Crippen LogP contribution < -0.4 is 0 Å². The van der Waals surface area contributed by atoms with E-state index >= 15 is 0 Å². The average molecular weight is 296 g/mol. The molecule has 114 valence electrons. The normalized spacial score (nSPS) is 16.1. The Kier molecular flexibility index (Phi) is 5.04. The van der Waals surface area contributed by atoms with Crippen molar-refractivity contribution in [1.29, 1.82) is 0 Å². The van der Waals surface area contributed by atoms with Crippen LogP contribution in [0.4, 0.5) is 8.78 Å². The fourth-order valence-corrected chi connectivity index (χ4v) is 2.48. The molecule has 0 aromatic heterocycles. The number of hydrogen-bond acceptors (Lipinski definition) is 3. The van der Waals surface area contributed by atoms with Gasteiger partial charge in [-0.1, -0.05) is 6.42 Å². The molecule has 0 bridgehead atoms. The van der Waals surface area contributed by atoms with Crippen LogP contribution in [0.1, 0.15) is 31.7 Å². The molecule has 0 spiro atoms. The largest absolute Gasteiger partial charge is 0.465 e. The molecule has 1 aromatic carbocycles. The number of ether oxygens (including phenoxy) is 1. The maximum Gasteiger partial charge on any atom is 0.316 e. The first-order valence-electron chi connectivity index (χ1n) is 7.16. The highest BCUT2D eigenvalue weighted by Crippen LogP contribution is 2.31. The van der Waals surface area contributed by atoms with E-state index in [1.165, 1.54) is 0 Å². The van der Waals surface area contributed by atoms with Gasteiger partial charge in [0.05, 0.1) is 6.61 Å². The molecule has 1 unspecified atom stereocenters. The Hall–Kier alpha value is -1.78. The summed E-state index contributed by atoms with van der Waals surface area (Å²) in [5, 5.41) is 0. The van der Waals surface area contributed by atoms with Crippen LogP contribution in [0.25, 0.3) is 0 Å². The Labute approximate surface area is 122 Å². The Bertz CT molecular complexity index is 518. The predicted octanol–water partition coefficient (Wildman–Crippen LogP) is 3.06. The van der Waals surface area contributed by atoms with Crippen molar-refractivity contribution in [1.82, 2.24) is 0 Å². The molecule has 1 aromatic rings. The highest BCUT2D eigenvalue weighted by atomic mass is 19.1. The van der Waals surface area contributed by atoms with Gasteiger partial charge in [0, 0.05) is 12.0 Å². The van der Waals surface area contributed by atoms with Crippen LogP contribution >= 0.6 is 0 Å². The molecule has 1 aliphatic rings. The van der Waals surface area contributed by atoms with Gasteiger partial charge in [0.1, 0.15) is 17.6 Å². The molecule has 0 N–H and O–H groups in total. The molecule has 3 nitrogen and oxygen atoms in total. The minimum absolute atomic E-state index is 0.0250. The van der Waals surface area contributed by atoms with Crippen LogP contribution in [0, 0.1) is 23.5 Å². The number of rotatable bonds is 6. The van der Waals surface area contributed by atoms with Gasteiger partial charge >= 0.3 is 5.97 Å². The molecule has 1 fully saturated rings. The van der Waals surface area contributed by atoms with Crippen LogP contribution in [0.2, 0.25) is 0 Å². The van der Waals surface area contributed by atoms with E-state index in [2.05, 4.69) is 0 Å². The van der Waals surface area contributed by atoms with Gasteiger partial charge in [-0.25, -0.2) is 8.78 Å². The maximum atomic E-state index is 13.2. The standard InChI is InChI=1S/C16H18F2O3/c1-2-21-16(20)14(15(19)11-4-3-5-11)8-10-6-12(17)9-13(18)7-10/h6-7,9,11,14H,2-5,8H2,1H3. The third-order valence-electron chi connectivity index (χ3n) is 3.78. The van der Waals surface area contributed by atoms with Gasteiger partial charge in [-0.2, -0.15) is 0 Å². The quantitative estimate of drug-likeness (QED) is 0.598. The second kappa shape index (κ2) is 6.78. The molecule has 0 amide bonds. The van der Waals surface area contributed by atoms with Gasteiger partial charge in [-0.3, -0.25) is 9.59 Å². The van der Waals surface area contributed by atoms with E-state index in [0.717, 1.165) is 37.5 Å². The van der Waals surface area contributed by atoms with E-state index in [4.69, 9.17) is 4.74 Å². The minimum Gasteiger partial charge on any atom is -0.465 e. The fourth-order valence-electron chi connectivity index (χ4n) is 2.48. The number of ketones is 1.